The molecule has 14 nitrogen and oxygen atoms in total. The Morgan fingerprint density at radius 3 is 2.39 bits per heavy atom. The number of amides is 1. The highest BCUT2D eigenvalue weighted by atomic mass is 35.5. The van der Waals surface area contributed by atoms with Crippen LogP contribution in [0.1, 0.15) is 30.7 Å². The van der Waals surface area contributed by atoms with Gasteiger partial charge in [-0.3, -0.25) is 14.2 Å². The van der Waals surface area contributed by atoms with E-state index in [0.29, 0.717) is 31.4 Å². The Hall–Kier alpha value is -3.56. The molecule has 1 amide bonds. The Morgan fingerprint density at radius 1 is 1.11 bits per heavy atom. The molecule has 0 saturated carbocycles. The molecule has 1 fully saturated rings. The number of rotatable bonds is 10. The van der Waals surface area contributed by atoms with E-state index < -0.39 is 36.4 Å². The van der Waals surface area contributed by atoms with Crippen LogP contribution in [0, 0.1) is 0 Å². The molecule has 9 N–H and O–H groups in total. The lowest BCUT2D eigenvalue weighted by Gasteiger charge is -2.16. The number of carbonyl (C=O) groups is 2. The van der Waals surface area contributed by atoms with Gasteiger partial charge in [0.15, 0.2) is 23.8 Å². The van der Waals surface area contributed by atoms with Crippen molar-refractivity contribution in [3.8, 4) is 0 Å². The summed E-state index contributed by atoms with van der Waals surface area (Å²) < 4.78 is 7.09. The second-order valence-electron chi connectivity index (χ2n) is 8.47. The molecule has 2 aromatic heterocycles. The number of aliphatic carboxylic acids is 1. The fourth-order valence-electron chi connectivity index (χ4n) is 4.03. The number of aliphatic hydroxyl groups excluding tert-OH is 2. The van der Waals surface area contributed by atoms with Crippen LogP contribution in [0.5, 0.6) is 0 Å². The summed E-state index contributed by atoms with van der Waals surface area (Å²) in [5, 5.41) is 35.4. The SMILES string of the molecule is CCNC(=O)[C@H]1O[C@@H](n2cnc3c(N)nc(NCCc4ccc(CCC(=O)O)cc4)nc32)[C@H](O)[C@@H]1O.Cl.O. The number of benzene rings is 1. The first-order valence-corrected chi connectivity index (χ1v) is 11.6. The van der Waals surface area contributed by atoms with Crippen LogP contribution in [-0.2, 0) is 27.2 Å². The molecule has 1 aliphatic heterocycles. The Balaban J connectivity index is 0.00000253. The van der Waals surface area contributed by atoms with Crippen LogP contribution >= 0.6 is 12.4 Å². The molecule has 1 aliphatic rings. The fourth-order valence-corrected chi connectivity index (χ4v) is 4.03. The lowest BCUT2D eigenvalue weighted by atomic mass is 10.1. The van der Waals surface area contributed by atoms with Crippen molar-refractivity contribution in [1.29, 1.82) is 0 Å². The first kappa shape index (κ1) is 30.7. The second-order valence-corrected chi connectivity index (χ2v) is 8.47. The molecule has 0 unspecified atom stereocenters. The summed E-state index contributed by atoms with van der Waals surface area (Å²) in [6, 6.07) is 7.71. The fraction of sp³-hybridized carbons (Fsp3) is 0.435. The number of carboxylic acid groups (broad SMARTS) is 1. The third-order valence-corrected chi connectivity index (χ3v) is 5.92. The Labute approximate surface area is 224 Å². The number of hydrogen-bond acceptors (Lipinski definition) is 10. The molecule has 0 radical (unpaired) electrons. The minimum Gasteiger partial charge on any atom is -0.481 e. The van der Waals surface area contributed by atoms with E-state index in [2.05, 4.69) is 25.6 Å². The number of fused-ring (bicyclic) bond motifs is 1. The van der Waals surface area contributed by atoms with Gasteiger partial charge in [0.2, 0.25) is 5.95 Å². The molecule has 0 aliphatic carbocycles. The summed E-state index contributed by atoms with van der Waals surface area (Å²) in [5.74, 6) is -0.985. The molecule has 208 valence electrons. The molecule has 1 saturated heterocycles. The predicted octanol–water partition coefficient (Wildman–Crippen LogP) is -0.567. The van der Waals surface area contributed by atoms with Crippen LogP contribution in [-0.4, -0.2) is 83.6 Å². The molecule has 0 bridgehead atoms. The minimum atomic E-state index is -1.42. The van der Waals surface area contributed by atoms with E-state index in [1.54, 1.807) is 6.92 Å². The van der Waals surface area contributed by atoms with Crippen LogP contribution < -0.4 is 16.4 Å². The number of aryl methyl sites for hydroxylation is 1. The van der Waals surface area contributed by atoms with E-state index in [4.69, 9.17) is 15.6 Å². The molecule has 4 atom stereocenters. The van der Waals surface area contributed by atoms with Gasteiger partial charge in [0.05, 0.1) is 6.33 Å². The topological polar surface area (TPSA) is 229 Å². The average Bonchev–Trinajstić information content (AvgIpc) is 3.40. The number of likely N-dealkylation sites (N-methyl/N-ethyl adjacent to an activating group) is 1. The third kappa shape index (κ3) is 6.65. The number of nitrogens with zero attached hydrogens (tertiary/aromatic N) is 4. The number of carboxylic acids is 1. The summed E-state index contributed by atoms with van der Waals surface area (Å²) >= 11 is 0. The van der Waals surface area contributed by atoms with Gasteiger partial charge in [-0.25, -0.2) is 4.98 Å². The minimum absolute atomic E-state index is 0. The van der Waals surface area contributed by atoms with E-state index in [1.165, 1.54) is 10.9 Å². The highest BCUT2D eigenvalue weighted by molar-refractivity contribution is 5.85. The van der Waals surface area contributed by atoms with Crippen LogP contribution in [0.25, 0.3) is 11.2 Å². The highest BCUT2D eigenvalue weighted by Crippen LogP contribution is 2.32. The summed E-state index contributed by atoms with van der Waals surface area (Å²) in [7, 11) is 0. The van der Waals surface area contributed by atoms with Gasteiger partial charge in [-0.15, -0.1) is 12.4 Å². The van der Waals surface area contributed by atoms with Gasteiger partial charge in [-0.1, -0.05) is 24.3 Å². The number of nitrogen functional groups attached to an aromatic ring is 1. The van der Waals surface area contributed by atoms with Gasteiger partial charge in [0, 0.05) is 19.5 Å². The third-order valence-electron chi connectivity index (χ3n) is 5.92. The lowest BCUT2D eigenvalue weighted by Crippen LogP contribution is -2.42. The Morgan fingerprint density at radius 2 is 1.76 bits per heavy atom. The molecular formula is C23H32ClN7O7. The number of carbonyl (C=O) groups excluding carboxylic acids is 1. The van der Waals surface area contributed by atoms with Gasteiger partial charge in [0.25, 0.3) is 5.91 Å². The van der Waals surface area contributed by atoms with Gasteiger partial charge >= 0.3 is 5.97 Å². The largest absolute Gasteiger partial charge is 0.481 e. The molecule has 3 aromatic rings. The number of nitrogens with one attached hydrogen (secondary N) is 2. The van der Waals surface area contributed by atoms with Crippen molar-refractivity contribution in [2.24, 2.45) is 0 Å². The summed E-state index contributed by atoms with van der Waals surface area (Å²) in [6.07, 6.45) is -2.56. The standard InChI is InChI=1S/C23H29N7O6.ClH.H2O/c1-2-25-21(35)18-16(33)17(34)22(36-18)30-11-27-15-19(24)28-23(29-20(15)30)26-10-9-13-5-3-12(4-6-13)7-8-14(31)32;;/h3-6,11,16-18,22,33-34H,2,7-10H2,1H3,(H,25,35)(H,31,32)(H3,24,26,28,29);1H;1H2/t16-,17+,18-,22+;;/m0../s1. The maximum atomic E-state index is 12.2. The number of anilines is 2. The zero-order chi connectivity index (χ0) is 25.8. The van der Waals surface area contributed by atoms with Gasteiger partial charge < -0.3 is 41.9 Å². The number of imidazole rings is 1. The van der Waals surface area contributed by atoms with Crippen molar-refractivity contribution in [3.63, 3.8) is 0 Å². The number of halogens is 1. The van der Waals surface area contributed by atoms with Crippen molar-refractivity contribution in [1.82, 2.24) is 24.8 Å². The normalized spacial score (nSPS) is 20.4. The van der Waals surface area contributed by atoms with E-state index in [0.717, 1.165) is 11.1 Å². The zero-order valence-electron chi connectivity index (χ0n) is 20.6. The number of aromatic nitrogens is 4. The first-order valence-electron chi connectivity index (χ1n) is 11.6. The van der Waals surface area contributed by atoms with Gasteiger partial charge in [-0.05, 0) is 30.9 Å². The maximum absolute atomic E-state index is 12.2. The average molecular weight is 554 g/mol. The molecular weight excluding hydrogens is 522 g/mol. The van der Waals surface area contributed by atoms with Gasteiger partial charge in [0.1, 0.15) is 17.7 Å². The number of aliphatic hydroxyl groups is 2. The molecule has 4 rings (SSSR count). The summed E-state index contributed by atoms with van der Waals surface area (Å²) in [5.41, 5.74) is 8.65. The van der Waals surface area contributed by atoms with Crippen molar-refractivity contribution >= 4 is 47.2 Å². The second kappa shape index (κ2) is 13.3. The van der Waals surface area contributed by atoms with Crippen molar-refractivity contribution in [2.75, 3.05) is 24.1 Å². The molecule has 38 heavy (non-hydrogen) atoms. The van der Waals surface area contributed by atoms with E-state index in [-0.39, 0.29) is 41.7 Å². The number of ether oxygens (including phenoxy) is 1. The van der Waals surface area contributed by atoms with Crippen molar-refractivity contribution in [3.05, 3.63) is 41.7 Å². The van der Waals surface area contributed by atoms with E-state index in [1.807, 2.05) is 24.3 Å². The lowest BCUT2D eigenvalue weighted by molar-refractivity contribution is -0.138. The quantitative estimate of drug-likeness (QED) is 0.186. The maximum Gasteiger partial charge on any atom is 0.303 e. The smallest absolute Gasteiger partial charge is 0.303 e. The monoisotopic (exact) mass is 553 g/mol. The predicted molar refractivity (Wildman–Crippen MR) is 140 cm³/mol. The Bertz CT molecular complexity index is 1240. The highest BCUT2D eigenvalue weighted by Gasteiger charge is 2.47. The molecule has 1 aromatic carbocycles. The Kier molecular flexibility index (Phi) is 10.7. The molecule has 3 heterocycles. The first-order chi connectivity index (χ1) is 17.3. The molecule has 0 spiro atoms. The van der Waals surface area contributed by atoms with Crippen LogP contribution in [0.2, 0.25) is 0 Å². The van der Waals surface area contributed by atoms with Crippen LogP contribution in [0.3, 0.4) is 0 Å². The van der Waals surface area contributed by atoms with Gasteiger partial charge in [-0.2, -0.15) is 9.97 Å². The van der Waals surface area contributed by atoms with E-state index >= 15 is 0 Å². The zero-order valence-corrected chi connectivity index (χ0v) is 21.4. The van der Waals surface area contributed by atoms with Crippen molar-refractivity contribution < 1.29 is 35.1 Å². The summed E-state index contributed by atoms with van der Waals surface area (Å²) in [6.45, 7) is 2.59. The number of hydrogen-bond donors (Lipinski definition) is 6. The number of nitrogens with two attached hydrogens (primary N) is 1. The van der Waals surface area contributed by atoms with Crippen LogP contribution in [0.15, 0.2) is 30.6 Å². The molecule has 15 heteroatoms. The van der Waals surface area contributed by atoms with E-state index in [9.17, 15) is 19.8 Å². The van der Waals surface area contributed by atoms with Crippen molar-refractivity contribution in [2.45, 2.75) is 50.7 Å². The van der Waals surface area contributed by atoms with Crippen LogP contribution in [0.4, 0.5) is 11.8 Å². The summed E-state index contributed by atoms with van der Waals surface area (Å²) in [4.78, 5) is 35.8.